The van der Waals surface area contributed by atoms with Gasteiger partial charge in [0.05, 0.1) is 12.6 Å². The zero-order chi connectivity index (χ0) is 22.7. The summed E-state index contributed by atoms with van der Waals surface area (Å²) < 4.78 is 11.1. The van der Waals surface area contributed by atoms with Crippen LogP contribution in [-0.4, -0.2) is 32.3 Å². The molecule has 0 aliphatic carbocycles. The lowest BCUT2D eigenvalue weighted by molar-refractivity contribution is 0.00464. The minimum atomic E-state index is -0.898. The zero-order valence-corrected chi connectivity index (χ0v) is 18.3. The van der Waals surface area contributed by atoms with Gasteiger partial charge in [-0.25, -0.2) is 0 Å². The molecule has 0 spiro atoms. The first kappa shape index (κ1) is 21.6. The third-order valence-corrected chi connectivity index (χ3v) is 6.15. The van der Waals surface area contributed by atoms with Gasteiger partial charge in [0.1, 0.15) is 12.0 Å². The summed E-state index contributed by atoms with van der Waals surface area (Å²) in [5.74, 6) is -0.0321. The van der Waals surface area contributed by atoms with Crippen LogP contribution in [0.4, 0.5) is 0 Å². The van der Waals surface area contributed by atoms with E-state index in [9.17, 15) is 9.59 Å². The number of nitrogens with one attached hydrogen (secondary N) is 2. The van der Waals surface area contributed by atoms with Gasteiger partial charge in [0.15, 0.2) is 0 Å². The summed E-state index contributed by atoms with van der Waals surface area (Å²) in [5, 5.41) is 6.19. The van der Waals surface area contributed by atoms with Crippen LogP contribution in [0.5, 0.6) is 5.75 Å². The monoisotopic (exact) mass is 430 g/mol. The molecule has 0 bridgehead atoms. The molecule has 1 aliphatic heterocycles. The average Bonchev–Trinajstić information content (AvgIpc) is 3.16. The van der Waals surface area contributed by atoms with Gasteiger partial charge in [-0.1, -0.05) is 55.5 Å². The van der Waals surface area contributed by atoms with Gasteiger partial charge < -0.3 is 20.1 Å². The van der Waals surface area contributed by atoms with Gasteiger partial charge in [-0.3, -0.25) is 9.59 Å². The van der Waals surface area contributed by atoms with Crippen LogP contribution in [-0.2, 0) is 10.3 Å². The van der Waals surface area contributed by atoms with Crippen molar-refractivity contribution in [2.24, 2.45) is 5.92 Å². The molecule has 6 nitrogen and oxygen atoms in total. The molecule has 3 aromatic carbocycles. The van der Waals surface area contributed by atoms with E-state index in [2.05, 4.69) is 10.6 Å². The number of carbonyl (C=O) groups is 2. The molecule has 0 radical (unpaired) electrons. The van der Waals surface area contributed by atoms with Gasteiger partial charge in [-0.2, -0.15) is 0 Å². The molecule has 0 fully saturated rings. The van der Waals surface area contributed by atoms with Gasteiger partial charge in [0, 0.05) is 24.2 Å². The lowest BCUT2D eigenvalue weighted by atomic mass is 9.73. The minimum absolute atomic E-state index is 0.160. The smallest absolute Gasteiger partial charge is 0.253 e. The molecule has 3 atom stereocenters. The van der Waals surface area contributed by atoms with Gasteiger partial charge in [0.25, 0.3) is 11.8 Å². The molecule has 1 aliphatic rings. The second-order valence-electron chi connectivity index (χ2n) is 7.82. The van der Waals surface area contributed by atoms with Gasteiger partial charge in [0.2, 0.25) is 0 Å². The van der Waals surface area contributed by atoms with Crippen LogP contribution in [0, 0.1) is 5.92 Å². The Balaban J connectivity index is 1.77. The predicted molar refractivity (Wildman–Crippen MR) is 122 cm³/mol. The van der Waals surface area contributed by atoms with E-state index in [-0.39, 0.29) is 17.7 Å². The fourth-order valence-electron chi connectivity index (χ4n) is 4.46. The largest absolute Gasteiger partial charge is 0.497 e. The molecule has 3 aromatic rings. The maximum absolute atomic E-state index is 13.0. The Morgan fingerprint density at radius 3 is 2.25 bits per heavy atom. The normalized spacial score (nSPS) is 18.9. The molecule has 6 heteroatoms. The summed E-state index contributed by atoms with van der Waals surface area (Å²) in [5.41, 5.74) is 1.97. The lowest BCUT2D eigenvalue weighted by Crippen LogP contribution is -2.55. The van der Waals surface area contributed by atoms with E-state index >= 15 is 0 Å². The number of carbonyl (C=O) groups excluding carboxylic acids is 2. The van der Waals surface area contributed by atoms with Crippen LogP contribution in [0.25, 0.3) is 0 Å². The standard InChI is InChI=1S/C26H26N2O4/c1-17(25(32-3)27-23(29)18-9-5-4-6-10-18)26(19-13-15-20(31-2)16-14-19)22-12-8-7-11-21(22)24(30)28-26/h4-17,25H,1-3H3,(H,27,29)(H,28,30)/t17-,25?,26-/m0/s1. The number of ether oxygens (including phenoxy) is 2. The Labute approximate surface area is 187 Å². The summed E-state index contributed by atoms with van der Waals surface area (Å²) in [6.45, 7) is 1.96. The molecule has 32 heavy (non-hydrogen) atoms. The summed E-state index contributed by atoms with van der Waals surface area (Å²) >= 11 is 0. The average molecular weight is 431 g/mol. The van der Waals surface area contributed by atoms with Crippen molar-refractivity contribution in [3.05, 3.63) is 101 Å². The highest BCUT2D eigenvalue weighted by Crippen LogP contribution is 2.44. The first-order valence-electron chi connectivity index (χ1n) is 10.5. The van der Waals surface area contributed by atoms with Crippen molar-refractivity contribution in [1.29, 1.82) is 0 Å². The number of amides is 2. The van der Waals surface area contributed by atoms with Crippen molar-refractivity contribution in [3.63, 3.8) is 0 Å². The molecule has 1 unspecified atom stereocenters. The zero-order valence-electron chi connectivity index (χ0n) is 18.3. The number of hydrogen-bond acceptors (Lipinski definition) is 4. The van der Waals surface area contributed by atoms with Crippen molar-refractivity contribution in [2.45, 2.75) is 18.7 Å². The Morgan fingerprint density at radius 2 is 1.59 bits per heavy atom. The Morgan fingerprint density at radius 1 is 0.938 bits per heavy atom. The fraction of sp³-hybridized carbons (Fsp3) is 0.231. The van der Waals surface area contributed by atoms with Crippen LogP contribution >= 0.6 is 0 Å². The van der Waals surface area contributed by atoms with E-state index in [1.54, 1.807) is 26.4 Å². The number of fused-ring (bicyclic) bond motifs is 1. The van der Waals surface area contributed by atoms with E-state index in [0.29, 0.717) is 11.1 Å². The minimum Gasteiger partial charge on any atom is -0.497 e. The predicted octanol–water partition coefficient (Wildman–Crippen LogP) is 3.72. The summed E-state index contributed by atoms with van der Waals surface area (Å²) in [4.78, 5) is 25.8. The molecule has 0 saturated carbocycles. The second kappa shape index (κ2) is 8.85. The van der Waals surface area contributed by atoms with Crippen LogP contribution in [0.2, 0.25) is 0 Å². The molecule has 2 N–H and O–H groups in total. The highest BCUT2D eigenvalue weighted by molar-refractivity contribution is 6.01. The van der Waals surface area contributed by atoms with E-state index in [1.807, 2.05) is 73.7 Å². The highest BCUT2D eigenvalue weighted by atomic mass is 16.5. The third-order valence-electron chi connectivity index (χ3n) is 6.15. The Bertz CT molecular complexity index is 1110. The number of hydrogen-bond donors (Lipinski definition) is 2. The summed E-state index contributed by atoms with van der Waals surface area (Å²) in [7, 11) is 3.16. The summed E-state index contributed by atoms with van der Waals surface area (Å²) in [6, 6.07) is 24.1. The van der Waals surface area contributed by atoms with Crippen molar-refractivity contribution in [1.82, 2.24) is 10.6 Å². The van der Waals surface area contributed by atoms with Gasteiger partial charge in [-0.05, 0) is 41.5 Å². The van der Waals surface area contributed by atoms with E-state index in [0.717, 1.165) is 16.9 Å². The fourth-order valence-corrected chi connectivity index (χ4v) is 4.46. The number of rotatable bonds is 7. The van der Waals surface area contributed by atoms with E-state index < -0.39 is 11.8 Å². The summed E-state index contributed by atoms with van der Waals surface area (Å²) in [6.07, 6.45) is -0.670. The molecule has 164 valence electrons. The van der Waals surface area contributed by atoms with Gasteiger partial charge >= 0.3 is 0 Å². The number of benzene rings is 3. The van der Waals surface area contributed by atoms with Crippen LogP contribution in [0.15, 0.2) is 78.9 Å². The van der Waals surface area contributed by atoms with Crippen LogP contribution < -0.4 is 15.4 Å². The topological polar surface area (TPSA) is 76.7 Å². The van der Waals surface area contributed by atoms with Crippen LogP contribution in [0.1, 0.15) is 38.8 Å². The van der Waals surface area contributed by atoms with E-state index in [1.165, 1.54) is 0 Å². The van der Waals surface area contributed by atoms with Crippen molar-refractivity contribution in [3.8, 4) is 5.75 Å². The van der Waals surface area contributed by atoms with Gasteiger partial charge in [-0.15, -0.1) is 0 Å². The SMILES string of the molecule is COc1ccc([C@]2([C@@H](C)C(NC(=O)c3ccccc3)OC)NC(=O)c3ccccc32)cc1. The quantitative estimate of drug-likeness (QED) is 0.560. The van der Waals surface area contributed by atoms with Crippen molar-refractivity contribution in [2.75, 3.05) is 14.2 Å². The van der Waals surface area contributed by atoms with Crippen molar-refractivity contribution < 1.29 is 19.1 Å². The van der Waals surface area contributed by atoms with Crippen molar-refractivity contribution >= 4 is 11.8 Å². The first-order chi connectivity index (χ1) is 15.5. The second-order valence-corrected chi connectivity index (χ2v) is 7.82. The first-order valence-corrected chi connectivity index (χ1v) is 10.5. The number of methoxy groups -OCH3 is 2. The molecule has 4 rings (SSSR count). The maximum atomic E-state index is 13.0. The Kier molecular flexibility index (Phi) is 5.97. The third kappa shape index (κ3) is 3.63. The van der Waals surface area contributed by atoms with Crippen LogP contribution in [0.3, 0.4) is 0 Å². The highest BCUT2D eigenvalue weighted by Gasteiger charge is 2.51. The van der Waals surface area contributed by atoms with E-state index in [4.69, 9.17) is 9.47 Å². The molecular weight excluding hydrogens is 404 g/mol. The molecule has 0 saturated heterocycles. The molecule has 0 aromatic heterocycles. The lowest BCUT2D eigenvalue weighted by Gasteiger charge is -2.40. The molecular formula is C26H26N2O4. The molecule has 1 heterocycles. The Hall–Kier alpha value is -3.64. The maximum Gasteiger partial charge on any atom is 0.253 e. The molecule has 2 amide bonds.